The molecular weight excluding hydrogens is 314 g/mol. The Morgan fingerprint density at radius 1 is 1.33 bits per heavy atom. The van der Waals surface area contributed by atoms with Gasteiger partial charge < -0.3 is 30.1 Å². The number of hydrogen-bond acceptors (Lipinski definition) is 5. The van der Waals surface area contributed by atoms with E-state index >= 15 is 0 Å². The highest BCUT2D eigenvalue weighted by Gasteiger charge is 2.40. The smallest absolute Gasteiger partial charge is 0.319 e. The lowest BCUT2D eigenvalue weighted by atomic mass is 9.96. The molecule has 0 aromatic heterocycles. The number of benzene rings is 1. The number of nitrogens with one attached hydrogen (secondary N) is 2. The first-order chi connectivity index (χ1) is 11.5. The molecule has 2 heterocycles. The predicted molar refractivity (Wildman–Crippen MR) is 84.5 cm³/mol. The number of phenols is 1. The topological polar surface area (TPSA) is 100 Å². The van der Waals surface area contributed by atoms with Gasteiger partial charge in [-0.3, -0.25) is 4.79 Å². The number of amides is 3. The van der Waals surface area contributed by atoms with Gasteiger partial charge in [-0.15, -0.1) is 0 Å². The fraction of sp³-hybridized carbons (Fsp3) is 0.375. The third-order valence-electron chi connectivity index (χ3n) is 4.12. The van der Waals surface area contributed by atoms with Gasteiger partial charge in [-0.05, 0) is 17.7 Å². The number of urea groups is 1. The van der Waals surface area contributed by atoms with E-state index in [9.17, 15) is 14.7 Å². The van der Waals surface area contributed by atoms with Crippen LogP contribution in [-0.4, -0.2) is 55.9 Å². The molecule has 2 aliphatic heterocycles. The minimum atomic E-state index is -0.594. The molecule has 8 nitrogen and oxygen atoms in total. The van der Waals surface area contributed by atoms with Crippen molar-refractivity contribution in [2.24, 2.45) is 0 Å². The Hall–Kier alpha value is -2.74. The molecule has 0 fully saturated rings. The number of carbonyl (C=O) groups excluding carboxylic acids is 2. The van der Waals surface area contributed by atoms with Gasteiger partial charge >= 0.3 is 6.03 Å². The third kappa shape index (κ3) is 2.76. The van der Waals surface area contributed by atoms with Gasteiger partial charge in [0.25, 0.3) is 5.91 Å². The Labute approximate surface area is 139 Å². The molecule has 3 rings (SSSR count). The van der Waals surface area contributed by atoms with Gasteiger partial charge in [0.1, 0.15) is 0 Å². The zero-order chi connectivity index (χ0) is 17.3. The van der Waals surface area contributed by atoms with Crippen molar-refractivity contribution in [1.29, 1.82) is 0 Å². The molecule has 0 bridgehead atoms. The number of nitrogens with zero attached hydrogens (tertiary/aromatic N) is 1. The third-order valence-corrected chi connectivity index (χ3v) is 4.12. The normalized spacial score (nSPS) is 19.9. The number of ether oxygens (including phenoxy) is 2. The highest BCUT2D eigenvalue weighted by Crippen LogP contribution is 2.36. The summed E-state index contributed by atoms with van der Waals surface area (Å²) in [5, 5.41) is 15.2. The van der Waals surface area contributed by atoms with Crippen molar-refractivity contribution in [3.05, 3.63) is 35.0 Å². The second kappa shape index (κ2) is 6.40. The van der Waals surface area contributed by atoms with Crippen LogP contribution in [0.4, 0.5) is 4.79 Å². The zero-order valence-electron chi connectivity index (χ0n) is 13.5. The van der Waals surface area contributed by atoms with Crippen molar-refractivity contribution >= 4 is 11.9 Å². The lowest BCUT2D eigenvalue weighted by Crippen LogP contribution is -2.44. The van der Waals surface area contributed by atoms with Gasteiger partial charge in [0.2, 0.25) is 0 Å². The summed E-state index contributed by atoms with van der Waals surface area (Å²) in [5.41, 5.74) is 1.75. The van der Waals surface area contributed by atoms with Crippen LogP contribution in [0, 0.1) is 0 Å². The Morgan fingerprint density at radius 3 is 2.83 bits per heavy atom. The molecule has 0 aliphatic carbocycles. The standard InChI is InChI=1S/C16H19N3O5/c1-23-6-5-19-8-10-13(15(19)21)14(18-16(22)17-10)9-3-4-11(20)12(7-9)24-2/h3-4,7,14,20H,5-6,8H2,1-2H3,(H2,17,18,22)/t14-/m0/s1. The summed E-state index contributed by atoms with van der Waals surface area (Å²) in [4.78, 5) is 26.3. The molecular formula is C16H19N3O5. The van der Waals surface area contributed by atoms with Crippen LogP contribution in [0.3, 0.4) is 0 Å². The van der Waals surface area contributed by atoms with Crippen molar-refractivity contribution in [2.45, 2.75) is 6.04 Å². The summed E-state index contributed by atoms with van der Waals surface area (Å²) in [6.07, 6.45) is 0. The molecule has 128 valence electrons. The van der Waals surface area contributed by atoms with E-state index in [4.69, 9.17) is 9.47 Å². The first kappa shape index (κ1) is 16.1. The number of hydrogen-bond donors (Lipinski definition) is 3. The molecule has 1 aromatic carbocycles. The molecule has 0 saturated carbocycles. The van der Waals surface area contributed by atoms with Gasteiger partial charge in [-0.25, -0.2) is 4.79 Å². The van der Waals surface area contributed by atoms with Gasteiger partial charge in [0.15, 0.2) is 11.5 Å². The number of aromatic hydroxyl groups is 1. The second-order valence-electron chi connectivity index (χ2n) is 5.57. The molecule has 3 amide bonds. The van der Waals surface area contributed by atoms with Crippen molar-refractivity contribution in [2.75, 3.05) is 33.9 Å². The lowest BCUT2D eigenvalue weighted by Gasteiger charge is -2.26. The molecule has 0 spiro atoms. The van der Waals surface area contributed by atoms with Crippen LogP contribution in [0.5, 0.6) is 11.5 Å². The molecule has 3 N–H and O–H groups in total. The largest absolute Gasteiger partial charge is 0.504 e. The van der Waals surface area contributed by atoms with Gasteiger partial charge in [-0.1, -0.05) is 6.07 Å². The molecule has 0 radical (unpaired) electrons. The first-order valence-electron chi connectivity index (χ1n) is 7.50. The Kier molecular flexibility index (Phi) is 4.30. The van der Waals surface area contributed by atoms with E-state index < -0.39 is 6.04 Å². The van der Waals surface area contributed by atoms with E-state index in [2.05, 4.69) is 10.6 Å². The van der Waals surface area contributed by atoms with Crippen LogP contribution in [0.1, 0.15) is 11.6 Å². The molecule has 0 saturated heterocycles. The van der Waals surface area contributed by atoms with Crippen molar-refractivity contribution in [1.82, 2.24) is 15.5 Å². The minimum Gasteiger partial charge on any atom is -0.504 e. The number of methoxy groups -OCH3 is 2. The fourth-order valence-corrected chi connectivity index (χ4v) is 2.93. The molecule has 8 heteroatoms. The van der Waals surface area contributed by atoms with Crippen molar-refractivity contribution in [3.8, 4) is 11.5 Å². The summed E-state index contributed by atoms with van der Waals surface area (Å²) < 4.78 is 10.1. The second-order valence-corrected chi connectivity index (χ2v) is 5.57. The van der Waals surface area contributed by atoms with E-state index in [0.717, 1.165) is 0 Å². The van der Waals surface area contributed by atoms with Crippen LogP contribution in [0.25, 0.3) is 0 Å². The summed E-state index contributed by atoms with van der Waals surface area (Å²) >= 11 is 0. The van der Waals surface area contributed by atoms with E-state index in [0.29, 0.717) is 36.5 Å². The van der Waals surface area contributed by atoms with E-state index in [-0.39, 0.29) is 23.4 Å². The number of carbonyl (C=O) groups is 2. The van der Waals surface area contributed by atoms with Crippen LogP contribution in [0.15, 0.2) is 29.5 Å². The summed E-state index contributed by atoms with van der Waals surface area (Å²) in [7, 11) is 3.01. The Morgan fingerprint density at radius 2 is 2.12 bits per heavy atom. The zero-order valence-corrected chi connectivity index (χ0v) is 13.5. The summed E-state index contributed by atoms with van der Waals surface area (Å²) in [6.45, 7) is 1.21. The van der Waals surface area contributed by atoms with E-state index in [1.807, 2.05) is 0 Å². The van der Waals surface area contributed by atoms with E-state index in [1.165, 1.54) is 13.2 Å². The van der Waals surface area contributed by atoms with Gasteiger partial charge in [-0.2, -0.15) is 0 Å². The van der Waals surface area contributed by atoms with Crippen LogP contribution in [0.2, 0.25) is 0 Å². The number of phenolic OH excluding ortho intramolecular Hbond substituents is 1. The van der Waals surface area contributed by atoms with Gasteiger partial charge in [0.05, 0.1) is 37.6 Å². The molecule has 0 unspecified atom stereocenters. The number of rotatable bonds is 5. The van der Waals surface area contributed by atoms with Gasteiger partial charge in [0, 0.05) is 13.7 Å². The van der Waals surface area contributed by atoms with Crippen molar-refractivity contribution < 1.29 is 24.2 Å². The Bertz CT molecular complexity index is 716. The monoisotopic (exact) mass is 333 g/mol. The van der Waals surface area contributed by atoms with Crippen LogP contribution < -0.4 is 15.4 Å². The SMILES string of the molecule is COCCN1CC2=C(C1=O)[C@H](c1ccc(O)c(OC)c1)NC(=O)N2. The summed E-state index contributed by atoms with van der Waals surface area (Å²) in [5.74, 6) is 0.130. The maximum Gasteiger partial charge on any atom is 0.319 e. The van der Waals surface area contributed by atoms with Crippen LogP contribution >= 0.6 is 0 Å². The van der Waals surface area contributed by atoms with Crippen molar-refractivity contribution in [3.63, 3.8) is 0 Å². The first-order valence-corrected chi connectivity index (χ1v) is 7.50. The maximum absolute atomic E-state index is 12.7. The molecule has 1 atom stereocenters. The Balaban J connectivity index is 1.94. The van der Waals surface area contributed by atoms with E-state index in [1.54, 1.807) is 24.1 Å². The summed E-state index contributed by atoms with van der Waals surface area (Å²) in [6, 6.07) is 3.78. The highest BCUT2D eigenvalue weighted by molar-refractivity contribution is 6.01. The lowest BCUT2D eigenvalue weighted by molar-refractivity contribution is -0.126. The molecule has 2 aliphatic rings. The minimum absolute atomic E-state index is 0.00446. The molecule has 24 heavy (non-hydrogen) atoms. The predicted octanol–water partition coefficient (Wildman–Crippen LogP) is 0.497. The van der Waals surface area contributed by atoms with Crippen LogP contribution in [-0.2, 0) is 9.53 Å². The average molecular weight is 333 g/mol. The highest BCUT2D eigenvalue weighted by atomic mass is 16.5. The quantitative estimate of drug-likeness (QED) is 0.728. The fourth-order valence-electron chi connectivity index (χ4n) is 2.93. The average Bonchev–Trinajstić information content (AvgIpc) is 2.88. The molecule has 1 aromatic rings. The maximum atomic E-state index is 12.7.